The van der Waals surface area contributed by atoms with E-state index in [0.717, 1.165) is 4.90 Å². The Morgan fingerprint density at radius 3 is 1.76 bits per heavy atom. The molecule has 0 aromatic rings. The van der Waals surface area contributed by atoms with Gasteiger partial charge in [-0.2, -0.15) is 0 Å². The molecule has 0 bridgehead atoms. The van der Waals surface area contributed by atoms with Crippen LogP contribution in [-0.4, -0.2) is 147 Å². The number of Topliss-reactive ketones (excluding diaryl/α,β-unsaturated/α-hetero) is 1. The summed E-state index contributed by atoms with van der Waals surface area (Å²) < 4.78 is 0. The highest BCUT2D eigenvalue weighted by molar-refractivity contribution is 5.98. The molecule has 15 nitrogen and oxygen atoms in total. The van der Waals surface area contributed by atoms with Crippen LogP contribution >= 0.6 is 0 Å². The zero-order valence-corrected chi connectivity index (χ0v) is 35.5. The lowest BCUT2D eigenvalue weighted by atomic mass is 9.83. The van der Waals surface area contributed by atoms with E-state index < -0.39 is 107 Å². The number of aliphatic hydroxyl groups excluding tert-OH is 2. The lowest BCUT2D eigenvalue weighted by molar-refractivity contribution is -0.153. The first-order chi connectivity index (χ1) is 25.5. The number of carbonyl (C=O) groups excluding carboxylic acids is 7. The van der Waals surface area contributed by atoms with Crippen LogP contribution in [0.4, 0.5) is 0 Å². The zero-order chi connectivity index (χ0) is 42.2. The maximum Gasteiger partial charge on any atom is 0.246 e. The number of hydrogen-bond acceptors (Lipinski definition) is 9. The van der Waals surface area contributed by atoms with Crippen molar-refractivity contribution in [2.45, 2.75) is 156 Å². The molecule has 10 unspecified atom stereocenters. The van der Waals surface area contributed by atoms with Gasteiger partial charge >= 0.3 is 0 Å². The van der Waals surface area contributed by atoms with Crippen molar-refractivity contribution in [3.8, 4) is 0 Å². The third-order valence-corrected chi connectivity index (χ3v) is 11.8. The quantitative estimate of drug-likeness (QED) is 0.283. The summed E-state index contributed by atoms with van der Waals surface area (Å²) in [4.78, 5) is 104. The predicted octanol–water partition coefficient (Wildman–Crippen LogP) is 1.57. The first-order valence-electron chi connectivity index (χ1n) is 20.1. The standard InChI is InChI=1S/C40H70N6O9/c1-14-24(8)27-20-30(47)31(33(48)22(4)5)42-35(50)29-17-15-16-18-46(29)38(53)26(10)44(12)40(55)28(19-21(2)3)41-36(51)32(34(49)23(6)7)45(13)37(52)25(9)43(11)39(27)54/h21-29,31-34,48-49H,14-20H2,1-13H3,(H,41,51)(H,42,50). The van der Waals surface area contributed by atoms with Crippen LogP contribution < -0.4 is 10.6 Å². The first kappa shape index (κ1) is 47.6. The van der Waals surface area contributed by atoms with Crippen LogP contribution in [0.15, 0.2) is 0 Å². The normalized spacial score (nSPS) is 29.6. The van der Waals surface area contributed by atoms with E-state index in [4.69, 9.17) is 0 Å². The summed E-state index contributed by atoms with van der Waals surface area (Å²) in [6, 6.07) is -7.14. The van der Waals surface area contributed by atoms with E-state index in [1.165, 1.54) is 42.8 Å². The van der Waals surface area contributed by atoms with Gasteiger partial charge in [0.25, 0.3) is 0 Å². The molecule has 0 saturated carbocycles. The Hall–Kier alpha value is -3.59. The Morgan fingerprint density at radius 2 is 1.24 bits per heavy atom. The van der Waals surface area contributed by atoms with Gasteiger partial charge in [0.2, 0.25) is 35.4 Å². The van der Waals surface area contributed by atoms with E-state index in [9.17, 15) is 43.8 Å². The first-order valence-corrected chi connectivity index (χ1v) is 20.1. The summed E-state index contributed by atoms with van der Waals surface area (Å²) >= 11 is 0. The van der Waals surface area contributed by atoms with E-state index in [2.05, 4.69) is 10.6 Å². The van der Waals surface area contributed by atoms with E-state index in [0.29, 0.717) is 25.7 Å². The molecule has 4 N–H and O–H groups in total. The van der Waals surface area contributed by atoms with Gasteiger partial charge in [-0.25, -0.2) is 0 Å². The summed E-state index contributed by atoms with van der Waals surface area (Å²) in [6.45, 7) is 17.5. The molecule has 314 valence electrons. The Bertz CT molecular complexity index is 1390. The third-order valence-electron chi connectivity index (χ3n) is 11.8. The SMILES string of the molecule is CCC(C)C1CC(=O)C(C(O)C(C)C)NC(=O)C2CCCCN2C(=O)C(C)N(C)C(=O)C(CC(C)C)NC(=O)C(C(O)C(C)C)N(C)C(=O)C(C)N(C)C1=O. The summed E-state index contributed by atoms with van der Waals surface area (Å²) in [5.41, 5.74) is 0. The largest absolute Gasteiger partial charge is 0.390 e. The van der Waals surface area contributed by atoms with Gasteiger partial charge in [0.05, 0.1) is 12.2 Å². The second-order valence-electron chi connectivity index (χ2n) is 17.0. The van der Waals surface area contributed by atoms with Crippen molar-refractivity contribution in [3.05, 3.63) is 0 Å². The van der Waals surface area contributed by atoms with Crippen molar-refractivity contribution in [2.75, 3.05) is 27.7 Å². The molecule has 6 amide bonds. The van der Waals surface area contributed by atoms with Gasteiger partial charge in [0, 0.05) is 40.0 Å². The number of rotatable bonds is 8. The average Bonchev–Trinajstić information content (AvgIpc) is 3.14. The van der Waals surface area contributed by atoms with Gasteiger partial charge < -0.3 is 40.4 Å². The van der Waals surface area contributed by atoms with Crippen molar-refractivity contribution >= 4 is 41.2 Å². The van der Waals surface area contributed by atoms with Crippen molar-refractivity contribution in [3.63, 3.8) is 0 Å². The molecule has 15 heteroatoms. The second kappa shape index (κ2) is 20.5. The number of hydrogen-bond donors (Lipinski definition) is 4. The zero-order valence-electron chi connectivity index (χ0n) is 35.5. The third kappa shape index (κ3) is 11.5. The molecular formula is C40H70N6O9. The number of ketones is 1. The lowest BCUT2D eigenvalue weighted by Gasteiger charge is -2.39. The van der Waals surface area contributed by atoms with Crippen LogP contribution in [-0.2, 0) is 33.6 Å². The fourth-order valence-corrected chi connectivity index (χ4v) is 7.39. The van der Waals surface area contributed by atoms with Crippen molar-refractivity contribution < 1.29 is 43.8 Å². The smallest absolute Gasteiger partial charge is 0.246 e. The van der Waals surface area contributed by atoms with Gasteiger partial charge in [-0.1, -0.05) is 61.8 Å². The highest BCUT2D eigenvalue weighted by atomic mass is 16.3. The summed E-state index contributed by atoms with van der Waals surface area (Å²) in [5.74, 6) is -6.49. The lowest BCUT2D eigenvalue weighted by Crippen LogP contribution is -2.62. The number of carbonyl (C=O) groups is 7. The van der Waals surface area contributed by atoms with Crippen molar-refractivity contribution in [2.24, 2.45) is 29.6 Å². The topological polar surface area (TPSA) is 197 Å². The van der Waals surface area contributed by atoms with Crippen LogP contribution in [0.3, 0.4) is 0 Å². The monoisotopic (exact) mass is 779 g/mol. The molecule has 0 aliphatic carbocycles. The second-order valence-corrected chi connectivity index (χ2v) is 17.0. The highest BCUT2D eigenvalue weighted by Crippen LogP contribution is 2.27. The molecule has 2 saturated heterocycles. The van der Waals surface area contributed by atoms with Gasteiger partial charge in [-0.15, -0.1) is 0 Å². The number of piperidine rings is 1. The fourth-order valence-electron chi connectivity index (χ4n) is 7.39. The molecule has 0 aromatic carbocycles. The van der Waals surface area contributed by atoms with Gasteiger partial charge in [-0.3, -0.25) is 33.6 Å². The minimum Gasteiger partial charge on any atom is -0.390 e. The molecule has 0 aromatic heterocycles. The fraction of sp³-hybridized carbons (Fsp3) is 0.825. The summed E-state index contributed by atoms with van der Waals surface area (Å²) in [5, 5.41) is 28.2. The van der Waals surface area contributed by atoms with E-state index in [1.54, 1.807) is 34.6 Å². The van der Waals surface area contributed by atoms with Crippen LogP contribution in [0.2, 0.25) is 0 Å². The number of nitrogens with one attached hydrogen (secondary N) is 2. The molecule has 2 rings (SSSR count). The van der Waals surface area contributed by atoms with Crippen LogP contribution in [0.25, 0.3) is 0 Å². The van der Waals surface area contributed by atoms with Crippen LogP contribution in [0, 0.1) is 29.6 Å². The number of aliphatic hydroxyl groups is 2. The van der Waals surface area contributed by atoms with Gasteiger partial charge in [-0.05, 0) is 63.2 Å². The molecule has 0 spiro atoms. The molecule has 2 heterocycles. The molecule has 55 heavy (non-hydrogen) atoms. The van der Waals surface area contributed by atoms with Crippen molar-refractivity contribution in [1.29, 1.82) is 0 Å². The molecule has 10 atom stereocenters. The minimum atomic E-state index is -1.45. The maximum atomic E-state index is 14.2. The highest BCUT2D eigenvalue weighted by Gasteiger charge is 2.44. The Labute approximate surface area is 328 Å². The van der Waals surface area contributed by atoms with E-state index in [-0.39, 0.29) is 31.2 Å². The van der Waals surface area contributed by atoms with Gasteiger partial charge in [0.1, 0.15) is 36.3 Å². The number of amides is 6. The van der Waals surface area contributed by atoms with Crippen molar-refractivity contribution in [1.82, 2.24) is 30.2 Å². The van der Waals surface area contributed by atoms with E-state index in [1.807, 2.05) is 27.7 Å². The summed E-state index contributed by atoms with van der Waals surface area (Å²) in [6.07, 6.45) is -0.768. The summed E-state index contributed by atoms with van der Waals surface area (Å²) in [7, 11) is 4.25. The molecule has 0 radical (unpaired) electrons. The van der Waals surface area contributed by atoms with Gasteiger partial charge in [0.15, 0.2) is 5.78 Å². The van der Waals surface area contributed by atoms with Crippen LogP contribution in [0.1, 0.15) is 108 Å². The predicted molar refractivity (Wildman–Crippen MR) is 208 cm³/mol. The molecule has 2 aliphatic heterocycles. The average molecular weight is 779 g/mol. The van der Waals surface area contributed by atoms with Crippen LogP contribution in [0.5, 0.6) is 0 Å². The Morgan fingerprint density at radius 1 is 0.691 bits per heavy atom. The minimum absolute atomic E-state index is 0.0823. The molecular weight excluding hydrogens is 708 g/mol. The molecule has 2 fully saturated rings. The maximum absolute atomic E-state index is 14.2. The number of nitrogens with zero attached hydrogens (tertiary/aromatic N) is 4. The number of fused-ring (bicyclic) bond motifs is 1. The molecule has 2 aliphatic rings. The Kier molecular flexibility index (Phi) is 17.8. The van der Waals surface area contributed by atoms with E-state index >= 15 is 0 Å². The Balaban J connectivity index is 2.82. The number of likely N-dealkylation sites (N-methyl/N-ethyl adjacent to an activating group) is 3.